The minimum Gasteiger partial charge on any atom is -0.385 e. The Morgan fingerprint density at radius 3 is 2.57 bits per heavy atom. The van der Waals surface area contributed by atoms with Gasteiger partial charge in [-0.2, -0.15) is 0 Å². The van der Waals surface area contributed by atoms with Gasteiger partial charge in [-0.15, -0.1) is 0 Å². The summed E-state index contributed by atoms with van der Waals surface area (Å²) in [6, 6.07) is 18.9. The van der Waals surface area contributed by atoms with Crippen LogP contribution in [0.25, 0.3) is 0 Å². The highest BCUT2D eigenvalue weighted by atomic mass is 35.5. The fraction of sp³-hybridized carbons (Fsp3) is 0.304. The van der Waals surface area contributed by atoms with Crippen LogP contribution in [0.3, 0.4) is 0 Å². The normalized spacial score (nSPS) is 11.3. The lowest BCUT2D eigenvalue weighted by molar-refractivity contribution is 0.165. The zero-order chi connectivity index (χ0) is 19.8. The molecular weight excluding hydrogens is 375 g/mol. The van der Waals surface area contributed by atoms with Crippen LogP contribution < -0.4 is 0 Å². The average molecular weight is 401 g/mol. The molecule has 1 heterocycles. The quantitative estimate of drug-likeness (QED) is 0.426. The summed E-state index contributed by atoms with van der Waals surface area (Å²) in [6.07, 6.45) is 3.04. The van der Waals surface area contributed by atoms with E-state index in [0.29, 0.717) is 0 Å². The summed E-state index contributed by atoms with van der Waals surface area (Å²) in [7, 11) is 1.73. The Labute approximate surface area is 171 Å². The van der Waals surface area contributed by atoms with Gasteiger partial charge in [0.1, 0.15) is 5.82 Å². The Morgan fingerprint density at radius 1 is 1.00 bits per heavy atom. The Bertz CT molecular complexity index is 863. The monoisotopic (exact) mass is 400 g/mol. The molecule has 0 amide bonds. The third kappa shape index (κ3) is 6.20. The maximum absolute atomic E-state index is 13.2. The Kier molecular flexibility index (Phi) is 7.66. The summed E-state index contributed by atoms with van der Waals surface area (Å²) in [5.41, 5.74) is 3.50. The summed E-state index contributed by atoms with van der Waals surface area (Å²) in [4.78, 5) is 2.40. The number of methoxy groups -OCH3 is 1. The lowest BCUT2D eigenvalue weighted by atomic mass is 10.2. The van der Waals surface area contributed by atoms with E-state index in [0.717, 1.165) is 49.8 Å². The van der Waals surface area contributed by atoms with Gasteiger partial charge in [0.05, 0.1) is 0 Å². The molecule has 3 nitrogen and oxygen atoms in total. The number of hydrogen-bond acceptors (Lipinski definition) is 2. The molecule has 0 spiro atoms. The molecule has 2 aromatic carbocycles. The fourth-order valence-corrected chi connectivity index (χ4v) is 3.52. The Balaban J connectivity index is 1.71. The lowest BCUT2D eigenvalue weighted by Crippen LogP contribution is -2.26. The van der Waals surface area contributed by atoms with Crippen molar-refractivity contribution in [2.45, 2.75) is 26.1 Å². The van der Waals surface area contributed by atoms with Gasteiger partial charge in [-0.25, -0.2) is 4.39 Å². The molecule has 0 aliphatic carbocycles. The van der Waals surface area contributed by atoms with Gasteiger partial charge in [0.15, 0.2) is 0 Å². The van der Waals surface area contributed by atoms with Crippen LogP contribution in [0.15, 0.2) is 66.9 Å². The first-order valence-corrected chi connectivity index (χ1v) is 9.86. The van der Waals surface area contributed by atoms with E-state index in [2.05, 4.69) is 33.9 Å². The maximum atomic E-state index is 13.2. The molecule has 28 heavy (non-hydrogen) atoms. The van der Waals surface area contributed by atoms with E-state index in [1.807, 2.05) is 30.3 Å². The first kappa shape index (κ1) is 20.6. The van der Waals surface area contributed by atoms with Crippen molar-refractivity contribution >= 4 is 11.6 Å². The number of benzene rings is 2. The number of aromatic nitrogens is 1. The number of nitrogens with zero attached hydrogens (tertiary/aromatic N) is 2. The SMILES string of the molecule is COCCCN(Cc1cccc(Cl)c1)Cc1cccn1Cc1ccc(F)cc1. The first-order chi connectivity index (χ1) is 13.6. The summed E-state index contributed by atoms with van der Waals surface area (Å²) in [5.74, 6) is -0.206. The van der Waals surface area contributed by atoms with Crippen LogP contribution >= 0.6 is 11.6 Å². The van der Waals surface area contributed by atoms with Crippen molar-refractivity contribution in [2.24, 2.45) is 0 Å². The second-order valence-electron chi connectivity index (χ2n) is 6.94. The number of halogens is 2. The first-order valence-electron chi connectivity index (χ1n) is 9.48. The van der Waals surface area contributed by atoms with Crippen LogP contribution in [-0.4, -0.2) is 29.7 Å². The zero-order valence-corrected chi connectivity index (χ0v) is 16.9. The van der Waals surface area contributed by atoms with Crippen molar-refractivity contribution in [3.63, 3.8) is 0 Å². The van der Waals surface area contributed by atoms with Crippen molar-refractivity contribution in [3.05, 3.63) is 94.5 Å². The van der Waals surface area contributed by atoms with Crippen LogP contribution in [0, 0.1) is 5.82 Å². The molecule has 3 rings (SSSR count). The molecule has 0 aliphatic rings. The molecule has 1 aromatic heterocycles. The van der Waals surface area contributed by atoms with Gasteiger partial charge >= 0.3 is 0 Å². The molecular formula is C23H26ClFN2O. The van der Waals surface area contributed by atoms with Gasteiger partial charge in [-0.05, 0) is 53.9 Å². The third-order valence-electron chi connectivity index (χ3n) is 4.69. The standard InChI is InChI=1S/C23H26ClFN2O/c1-28-14-4-12-26(16-20-5-2-6-21(24)15-20)18-23-7-3-13-27(23)17-19-8-10-22(25)11-9-19/h2-3,5-11,13,15H,4,12,14,16-18H2,1H3. The topological polar surface area (TPSA) is 17.4 Å². The number of hydrogen-bond donors (Lipinski definition) is 0. The van der Waals surface area contributed by atoms with E-state index in [9.17, 15) is 4.39 Å². The van der Waals surface area contributed by atoms with Gasteiger partial charge in [0.25, 0.3) is 0 Å². The van der Waals surface area contributed by atoms with Gasteiger partial charge in [-0.3, -0.25) is 4.90 Å². The molecule has 0 radical (unpaired) electrons. The molecule has 0 bridgehead atoms. The smallest absolute Gasteiger partial charge is 0.123 e. The Hall–Kier alpha value is -2.14. The predicted octanol–water partition coefficient (Wildman–Crippen LogP) is 5.37. The Morgan fingerprint density at radius 2 is 1.82 bits per heavy atom. The van der Waals surface area contributed by atoms with Crippen LogP contribution in [-0.2, 0) is 24.4 Å². The highest BCUT2D eigenvalue weighted by molar-refractivity contribution is 6.30. The molecule has 148 valence electrons. The van der Waals surface area contributed by atoms with E-state index in [-0.39, 0.29) is 5.82 Å². The summed E-state index contributed by atoms with van der Waals surface area (Å²) >= 11 is 6.16. The van der Waals surface area contributed by atoms with E-state index in [1.165, 1.54) is 23.4 Å². The van der Waals surface area contributed by atoms with E-state index < -0.39 is 0 Å². The van der Waals surface area contributed by atoms with Gasteiger partial charge in [0.2, 0.25) is 0 Å². The van der Waals surface area contributed by atoms with Crippen LogP contribution in [0.1, 0.15) is 23.2 Å². The molecule has 0 fully saturated rings. The van der Waals surface area contributed by atoms with Crippen LogP contribution in [0.5, 0.6) is 0 Å². The summed E-state index contributed by atoms with van der Waals surface area (Å²) < 4.78 is 20.6. The molecule has 5 heteroatoms. The van der Waals surface area contributed by atoms with Crippen molar-refractivity contribution in [1.82, 2.24) is 9.47 Å². The minimum absolute atomic E-state index is 0.206. The van der Waals surface area contributed by atoms with Gasteiger partial charge in [-0.1, -0.05) is 35.9 Å². The van der Waals surface area contributed by atoms with E-state index in [4.69, 9.17) is 16.3 Å². The fourth-order valence-electron chi connectivity index (χ4n) is 3.30. The third-order valence-corrected chi connectivity index (χ3v) is 4.93. The van der Waals surface area contributed by atoms with E-state index in [1.54, 1.807) is 7.11 Å². The number of rotatable bonds is 10. The maximum Gasteiger partial charge on any atom is 0.123 e. The van der Waals surface area contributed by atoms with Crippen molar-refractivity contribution in [3.8, 4) is 0 Å². The minimum atomic E-state index is -0.206. The molecule has 3 aromatic rings. The van der Waals surface area contributed by atoms with Crippen molar-refractivity contribution in [1.29, 1.82) is 0 Å². The number of ether oxygens (including phenoxy) is 1. The lowest BCUT2D eigenvalue weighted by Gasteiger charge is -2.23. The summed E-state index contributed by atoms with van der Waals surface area (Å²) in [6.45, 7) is 4.05. The molecule has 0 N–H and O–H groups in total. The molecule has 0 saturated carbocycles. The second-order valence-corrected chi connectivity index (χ2v) is 7.38. The second kappa shape index (κ2) is 10.4. The average Bonchev–Trinajstić information content (AvgIpc) is 3.10. The van der Waals surface area contributed by atoms with Crippen LogP contribution in [0.2, 0.25) is 5.02 Å². The molecule has 0 aliphatic heterocycles. The predicted molar refractivity (Wildman–Crippen MR) is 112 cm³/mol. The highest BCUT2D eigenvalue weighted by Gasteiger charge is 2.11. The molecule has 0 saturated heterocycles. The largest absolute Gasteiger partial charge is 0.385 e. The zero-order valence-electron chi connectivity index (χ0n) is 16.2. The van der Waals surface area contributed by atoms with E-state index >= 15 is 0 Å². The summed E-state index contributed by atoms with van der Waals surface area (Å²) in [5, 5.41) is 0.758. The van der Waals surface area contributed by atoms with Crippen molar-refractivity contribution in [2.75, 3.05) is 20.3 Å². The van der Waals surface area contributed by atoms with Crippen molar-refractivity contribution < 1.29 is 9.13 Å². The van der Waals surface area contributed by atoms with Gasteiger partial charge < -0.3 is 9.30 Å². The molecule has 0 atom stereocenters. The molecule has 0 unspecified atom stereocenters. The van der Waals surface area contributed by atoms with Crippen LogP contribution in [0.4, 0.5) is 4.39 Å². The van der Waals surface area contributed by atoms with Gasteiger partial charge in [0, 0.05) is 56.8 Å². The highest BCUT2D eigenvalue weighted by Crippen LogP contribution is 2.16.